The first-order chi connectivity index (χ1) is 11.8. The number of hydrogen-bond donors (Lipinski definition) is 1. The SMILES string of the molecule is Cc1cccc(C(C)C)c1NC(=O)/C(C#N)=C\N1CC(C)CC(C)C1. The molecule has 2 unspecified atom stereocenters. The topological polar surface area (TPSA) is 56.1 Å². The van der Waals surface area contributed by atoms with Gasteiger partial charge >= 0.3 is 0 Å². The number of carbonyl (C=O) groups excluding carboxylic acids is 1. The van der Waals surface area contributed by atoms with Crippen molar-refractivity contribution in [3.63, 3.8) is 0 Å². The van der Waals surface area contributed by atoms with Crippen LogP contribution >= 0.6 is 0 Å². The van der Waals surface area contributed by atoms with Crippen molar-refractivity contribution in [2.24, 2.45) is 11.8 Å². The van der Waals surface area contributed by atoms with Crippen LogP contribution in [0.1, 0.15) is 51.2 Å². The highest BCUT2D eigenvalue weighted by Gasteiger charge is 2.22. The minimum Gasteiger partial charge on any atom is -0.376 e. The molecule has 1 aromatic rings. The third kappa shape index (κ3) is 4.85. The van der Waals surface area contributed by atoms with E-state index in [4.69, 9.17) is 0 Å². The number of benzene rings is 1. The number of aryl methyl sites for hydroxylation is 1. The quantitative estimate of drug-likeness (QED) is 0.651. The Morgan fingerprint density at radius 3 is 2.52 bits per heavy atom. The van der Waals surface area contributed by atoms with Gasteiger partial charge in [-0.25, -0.2) is 0 Å². The van der Waals surface area contributed by atoms with E-state index >= 15 is 0 Å². The third-order valence-corrected chi connectivity index (χ3v) is 4.74. The van der Waals surface area contributed by atoms with Crippen LogP contribution in [-0.2, 0) is 4.79 Å². The summed E-state index contributed by atoms with van der Waals surface area (Å²) in [6.07, 6.45) is 2.92. The van der Waals surface area contributed by atoms with Gasteiger partial charge < -0.3 is 10.2 Å². The zero-order valence-electron chi connectivity index (χ0n) is 16.0. The molecule has 0 bridgehead atoms. The number of likely N-dealkylation sites (tertiary alicyclic amines) is 1. The molecule has 2 rings (SSSR count). The molecule has 2 atom stereocenters. The van der Waals surface area contributed by atoms with Gasteiger partial charge in [-0.1, -0.05) is 45.9 Å². The molecule has 4 heteroatoms. The molecular formula is C21H29N3O. The fourth-order valence-corrected chi connectivity index (χ4v) is 3.66. The lowest BCUT2D eigenvalue weighted by Gasteiger charge is -2.34. The fraction of sp³-hybridized carbons (Fsp3) is 0.524. The molecule has 1 N–H and O–H groups in total. The molecule has 4 nitrogen and oxygen atoms in total. The molecule has 1 amide bonds. The smallest absolute Gasteiger partial charge is 0.267 e. The van der Waals surface area contributed by atoms with E-state index in [1.165, 1.54) is 6.42 Å². The van der Waals surface area contributed by atoms with Gasteiger partial charge in [-0.2, -0.15) is 5.26 Å². The largest absolute Gasteiger partial charge is 0.376 e. The van der Waals surface area contributed by atoms with Crippen LogP contribution in [0.2, 0.25) is 0 Å². The van der Waals surface area contributed by atoms with Crippen molar-refractivity contribution in [3.05, 3.63) is 41.1 Å². The molecule has 1 aliphatic heterocycles. The van der Waals surface area contributed by atoms with E-state index in [0.717, 1.165) is 29.9 Å². The number of nitriles is 1. The number of nitrogens with zero attached hydrogens (tertiary/aromatic N) is 2. The summed E-state index contributed by atoms with van der Waals surface area (Å²) in [6, 6.07) is 8.07. The Bertz CT molecular complexity index is 690. The zero-order chi connectivity index (χ0) is 18.6. The Morgan fingerprint density at radius 2 is 1.96 bits per heavy atom. The van der Waals surface area contributed by atoms with Gasteiger partial charge in [-0.05, 0) is 42.2 Å². The highest BCUT2D eigenvalue weighted by molar-refractivity contribution is 6.07. The Labute approximate surface area is 151 Å². The predicted octanol–water partition coefficient (Wildman–Crippen LogP) is 4.44. The summed E-state index contributed by atoms with van der Waals surface area (Å²) in [5.74, 6) is 1.12. The van der Waals surface area contributed by atoms with Gasteiger partial charge in [-0.3, -0.25) is 4.79 Å². The standard InChI is InChI=1S/C21H29N3O/c1-14(2)19-8-6-7-17(5)20(19)23-21(25)18(10-22)13-24-11-15(3)9-16(4)12-24/h6-8,13-16H,9,11-12H2,1-5H3,(H,23,25)/b18-13-. The van der Waals surface area contributed by atoms with Crippen molar-refractivity contribution in [2.45, 2.75) is 47.0 Å². The number of rotatable bonds is 4. The first-order valence-electron chi connectivity index (χ1n) is 9.08. The molecule has 0 radical (unpaired) electrons. The van der Waals surface area contributed by atoms with Gasteiger partial charge in [0.25, 0.3) is 5.91 Å². The molecule has 1 fully saturated rings. The average molecular weight is 339 g/mol. The maximum Gasteiger partial charge on any atom is 0.267 e. The Hall–Kier alpha value is -2.28. The summed E-state index contributed by atoms with van der Waals surface area (Å²) in [5.41, 5.74) is 3.09. The maximum absolute atomic E-state index is 12.7. The molecule has 134 valence electrons. The van der Waals surface area contributed by atoms with Crippen molar-refractivity contribution in [2.75, 3.05) is 18.4 Å². The second-order valence-electron chi connectivity index (χ2n) is 7.70. The Kier molecular flexibility index (Phi) is 6.25. The molecule has 0 aromatic heterocycles. The van der Waals surface area contributed by atoms with Crippen molar-refractivity contribution < 1.29 is 4.79 Å². The lowest BCUT2D eigenvalue weighted by atomic mass is 9.92. The van der Waals surface area contributed by atoms with Crippen LogP contribution in [-0.4, -0.2) is 23.9 Å². The van der Waals surface area contributed by atoms with E-state index < -0.39 is 0 Å². The lowest BCUT2D eigenvalue weighted by molar-refractivity contribution is -0.112. The second-order valence-corrected chi connectivity index (χ2v) is 7.70. The van der Waals surface area contributed by atoms with Crippen molar-refractivity contribution in [1.29, 1.82) is 5.26 Å². The number of carbonyl (C=O) groups is 1. The van der Waals surface area contributed by atoms with E-state index in [2.05, 4.69) is 44.0 Å². The number of piperidine rings is 1. The van der Waals surface area contributed by atoms with Gasteiger partial charge in [0.15, 0.2) is 0 Å². The lowest BCUT2D eigenvalue weighted by Crippen LogP contribution is -2.35. The third-order valence-electron chi connectivity index (χ3n) is 4.74. The summed E-state index contributed by atoms with van der Waals surface area (Å²) in [4.78, 5) is 14.8. The van der Waals surface area contributed by atoms with Gasteiger partial charge in [0, 0.05) is 25.0 Å². The van der Waals surface area contributed by atoms with Crippen LogP contribution in [0.25, 0.3) is 0 Å². The molecule has 1 aromatic carbocycles. The first-order valence-corrected chi connectivity index (χ1v) is 9.08. The van der Waals surface area contributed by atoms with Crippen LogP contribution in [0.15, 0.2) is 30.0 Å². The van der Waals surface area contributed by atoms with Crippen LogP contribution < -0.4 is 5.32 Å². The summed E-state index contributed by atoms with van der Waals surface area (Å²) in [7, 11) is 0. The van der Waals surface area contributed by atoms with Gasteiger partial charge in [0.05, 0.1) is 0 Å². The molecular weight excluding hydrogens is 310 g/mol. The fourth-order valence-electron chi connectivity index (χ4n) is 3.66. The van der Waals surface area contributed by atoms with Gasteiger partial charge in [0.2, 0.25) is 0 Å². The van der Waals surface area contributed by atoms with Gasteiger partial charge in [0.1, 0.15) is 11.6 Å². The number of anilines is 1. The highest BCUT2D eigenvalue weighted by Crippen LogP contribution is 2.28. The van der Waals surface area contributed by atoms with Crippen molar-refractivity contribution >= 4 is 11.6 Å². The number of hydrogen-bond acceptors (Lipinski definition) is 3. The minimum absolute atomic E-state index is 0.166. The molecule has 1 aliphatic rings. The van der Waals surface area contributed by atoms with Crippen LogP contribution in [0.5, 0.6) is 0 Å². The summed E-state index contributed by atoms with van der Waals surface area (Å²) in [5, 5.41) is 12.4. The monoisotopic (exact) mass is 339 g/mol. The molecule has 0 saturated carbocycles. The van der Waals surface area contributed by atoms with Crippen molar-refractivity contribution in [3.8, 4) is 6.07 Å². The summed E-state index contributed by atoms with van der Waals surface area (Å²) >= 11 is 0. The van der Waals surface area contributed by atoms with E-state index in [9.17, 15) is 10.1 Å². The first kappa shape index (κ1) is 19.1. The Morgan fingerprint density at radius 1 is 1.32 bits per heavy atom. The van der Waals surface area contributed by atoms with E-state index in [1.807, 2.05) is 25.1 Å². The maximum atomic E-state index is 12.7. The normalized spacial score (nSPS) is 21.2. The summed E-state index contributed by atoms with van der Waals surface area (Å²) in [6.45, 7) is 12.4. The van der Waals surface area contributed by atoms with Gasteiger partial charge in [-0.15, -0.1) is 0 Å². The van der Waals surface area contributed by atoms with Crippen LogP contribution in [0, 0.1) is 30.1 Å². The molecule has 1 saturated heterocycles. The van der Waals surface area contributed by atoms with E-state index in [0.29, 0.717) is 17.8 Å². The molecule has 0 spiro atoms. The van der Waals surface area contributed by atoms with E-state index in [1.54, 1.807) is 6.20 Å². The van der Waals surface area contributed by atoms with Crippen molar-refractivity contribution in [1.82, 2.24) is 4.90 Å². The van der Waals surface area contributed by atoms with Crippen LogP contribution in [0.4, 0.5) is 5.69 Å². The number of para-hydroxylation sites is 1. The number of amides is 1. The Balaban J connectivity index is 2.22. The zero-order valence-corrected chi connectivity index (χ0v) is 16.0. The highest BCUT2D eigenvalue weighted by atomic mass is 16.1. The molecule has 0 aliphatic carbocycles. The minimum atomic E-state index is -0.329. The molecule has 25 heavy (non-hydrogen) atoms. The second kappa shape index (κ2) is 8.20. The predicted molar refractivity (Wildman–Crippen MR) is 102 cm³/mol. The summed E-state index contributed by atoms with van der Waals surface area (Å²) < 4.78 is 0. The average Bonchev–Trinajstić information content (AvgIpc) is 2.53. The van der Waals surface area contributed by atoms with Crippen LogP contribution in [0.3, 0.4) is 0 Å². The number of nitrogens with one attached hydrogen (secondary N) is 1. The van der Waals surface area contributed by atoms with E-state index in [-0.39, 0.29) is 11.5 Å². The molecule has 1 heterocycles.